The molecule has 1 aromatic heterocycles. The second kappa shape index (κ2) is 13.3. The Hall–Kier alpha value is -6.87. The third kappa shape index (κ3) is 5.13. The number of aliphatic imine (C=N–C) groups is 1. The summed E-state index contributed by atoms with van der Waals surface area (Å²) in [5, 5.41) is 1.36. The molecule has 2 unspecified atom stereocenters. The molecule has 2 heteroatoms. The van der Waals surface area contributed by atoms with E-state index in [0.29, 0.717) is 0 Å². The first-order valence-corrected chi connectivity index (χ1v) is 21.5. The maximum atomic E-state index is 5.51. The summed E-state index contributed by atoms with van der Waals surface area (Å²) in [5.74, 6) is 0.367. The zero-order valence-corrected chi connectivity index (χ0v) is 33.5. The zero-order valence-electron chi connectivity index (χ0n) is 32.6. The van der Waals surface area contributed by atoms with Crippen molar-refractivity contribution in [3.63, 3.8) is 0 Å². The van der Waals surface area contributed by atoms with Crippen molar-refractivity contribution < 1.29 is 0 Å². The van der Waals surface area contributed by atoms with Crippen molar-refractivity contribution in [1.82, 2.24) is 0 Å². The topological polar surface area (TPSA) is 12.4 Å². The minimum atomic E-state index is -0.397. The van der Waals surface area contributed by atoms with E-state index in [4.69, 9.17) is 4.99 Å². The van der Waals surface area contributed by atoms with Gasteiger partial charge in [-0.05, 0) is 108 Å². The average molecular weight is 770 g/mol. The van der Waals surface area contributed by atoms with Gasteiger partial charge in [-0.15, -0.1) is 11.3 Å². The van der Waals surface area contributed by atoms with E-state index in [1.807, 2.05) is 11.3 Å². The smallest absolute Gasteiger partial charge is 0.0740 e. The Labute approximate surface area is 349 Å². The second-order valence-electron chi connectivity index (χ2n) is 16.2. The van der Waals surface area contributed by atoms with Gasteiger partial charge in [0, 0.05) is 21.4 Å². The molecule has 0 fully saturated rings. The maximum absolute atomic E-state index is 5.51. The average Bonchev–Trinajstić information content (AvgIpc) is 3.93. The molecular weight excluding hydrogens is 731 g/mol. The molecule has 9 aromatic rings. The van der Waals surface area contributed by atoms with Crippen molar-refractivity contribution in [3.8, 4) is 43.8 Å². The molecule has 0 saturated carbocycles. The Morgan fingerprint density at radius 2 is 1.03 bits per heavy atom. The van der Waals surface area contributed by atoms with Gasteiger partial charge in [0.05, 0.1) is 16.8 Å². The molecule has 278 valence electrons. The van der Waals surface area contributed by atoms with E-state index in [1.165, 1.54) is 87.3 Å². The third-order valence-electron chi connectivity index (χ3n) is 13.1. The Morgan fingerprint density at radius 3 is 1.80 bits per heavy atom. The summed E-state index contributed by atoms with van der Waals surface area (Å²) in [7, 11) is 0. The number of thiophene rings is 1. The number of nitrogens with zero attached hydrogens (tertiary/aromatic N) is 1. The van der Waals surface area contributed by atoms with Crippen LogP contribution in [-0.2, 0) is 5.41 Å². The molecular formula is C57H39NS. The van der Waals surface area contributed by atoms with Gasteiger partial charge in [-0.3, -0.25) is 4.99 Å². The molecule has 8 aromatic carbocycles. The van der Waals surface area contributed by atoms with Crippen LogP contribution in [0.5, 0.6) is 0 Å². The van der Waals surface area contributed by atoms with Crippen LogP contribution in [0.3, 0.4) is 0 Å². The van der Waals surface area contributed by atoms with Crippen LogP contribution in [-0.4, -0.2) is 5.71 Å². The van der Waals surface area contributed by atoms with Crippen LogP contribution in [0, 0.1) is 5.92 Å². The molecule has 0 amide bonds. The van der Waals surface area contributed by atoms with Crippen LogP contribution in [0.4, 0.5) is 0 Å². The molecule has 1 spiro atoms. The summed E-state index contributed by atoms with van der Waals surface area (Å²) in [4.78, 5) is 6.90. The van der Waals surface area contributed by atoms with Crippen LogP contribution in [0.15, 0.2) is 211 Å². The van der Waals surface area contributed by atoms with Gasteiger partial charge in [-0.2, -0.15) is 0 Å². The normalized spacial score (nSPS) is 16.9. The highest BCUT2D eigenvalue weighted by atomic mass is 32.1. The Morgan fingerprint density at radius 1 is 0.458 bits per heavy atom. The fourth-order valence-corrected chi connectivity index (χ4v) is 11.7. The molecule has 0 radical (unpaired) electrons. The number of allylic oxidation sites excluding steroid dienone is 1. The lowest BCUT2D eigenvalue weighted by Crippen LogP contribution is -2.25. The Balaban J connectivity index is 1.00. The summed E-state index contributed by atoms with van der Waals surface area (Å²) in [5.41, 5.74) is 19.8. The van der Waals surface area contributed by atoms with Crippen molar-refractivity contribution >= 4 is 32.8 Å². The molecule has 2 aliphatic carbocycles. The van der Waals surface area contributed by atoms with Gasteiger partial charge in [-0.25, -0.2) is 0 Å². The lowest BCUT2D eigenvalue weighted by Gasteiger charge is -2.31. The largest absolute Gasteiger partial charge is 0.252 e. The van der Waals surface area contributed by atoms with Gasteiger partial charge in [0.2, 0.25) is 0 Å². The number of hydrogen-bond donors (Lipinski definition) is 0. The molecule has 1 nitrogen and oxygen atoms in total. The highest BCUT2D eigenvalue weighted by Gasteiger charge is 2.53. The molecule has 0 N–H and O–H groups in total. The number of hydrogen-bond acceptors (Lipinski definition) is 2. The van der Waals surface area contributed by atoms with Crippen molar-refractivity contribution in [2.75, 3.05) is 0 Å². The number of benzene rings is 8. The van der Waals surface area contributed by atoms with Gasteiger partial charge < -0.3 is 0 Å². The van der Waals surface area contributed by atoms with E-state index < -0.39 is 5.41 Å². The molecule has 0 bridgehead atoms. The number of fused-ring (bicyclic) bond motifs is 12. The van der Waals surface area contributed by atoms with Gasteiger partial charge in [0.1, 0.15) is 0 Å². The van der Waals surface area contributed by atoms with E-state index in [1.54, 1.807) is 0 Å². The Bertz CT molecular complexity index is 3120. The fraction of sp³-hybridized carbons (Fsp3) is 0.0702. The van der Waals surface area contributed by atoms with E-state index in [-0.39, 0.29) is 11.8 Å². The lowest BCUT2D eigenvalue weighted by molar-refractivity contribution is 0.672. The van der Waals surface area contributed by atoms with Crippen LogP contribution in [0.2, 0.25) is 0 Å². The van der Waals surface area contributed by atoms with E-state index in [2.05, 4.69) is 213 Å². The standard InChI is InChI=1S/C57H39NS/c1-36-48(39-17-6-3-7-18-39)35-52(40-29-27-38(28-30-40)37-15-4-2-5-16-37)58-55(36)43-20-14-19-41(33-43)42-31-32-46-51(34-42)57(54-47-23-10-13-26-53(47)59-56(46)54)49-24-11-8-21-44(49)45-22-9-12-25-50(45)57/h2-36,48H,1H3. The van der Waals surface area contributed by atoms with E-state index in [9.17, 15) is 0 Å². The van der Waals surface area contributed by atoms with Crippen molar-refractivity contribution in [2.45, 2.75) is 18.3 Å². The predicted octanol–water partition coefficient (Wildman–Crippen LogP) is 14.8. The number of rotatable bonds is 5. The Kier molecular flexibility index (Phi) is 7.73. The van der Waals surface area contributed by atoms with Crippen LogP contribution in [0.1, 0.15) is 51.8 Å². The molecule has 2 atom stereocenters. The van der Waals surface area contributed by atoms with Gasteiger partial charge in [0.15, 0.2) is 0 Å². The minimum Gasteiger partial charge on any atom is -0.252 e. The predicted molar refractivity (Wildman–Crippen MR) is 248 cm³/mol. The van der Waals surface area contributed by atoms with Crippen molar-refractivity contribution in [3.05, 3.63) is 245 Å². The third-order valence-corrected chi connectivity index (χ3v) is 14.3. The second-order valence-corrected chi connectivity index (χ2v) is 17.3. The molecule has 12 rings (SSSR count). The quantitative estimate of drug-likeness (QED) is 0.165. The first-order valence-electron chi connectivity index (χ1n) is 20.6. The van der Waals surface area contributed by atoms with Crippen molar-refractivity contribution in [2.24, 2.45) is 10.9 Å². The molecule has 0 saturated heterocycles. The first kappa shape index (κ1) is 34.2. The van der Waals surface area contributed by atoms with Gasteiger partial charge in [0.25, 0.3) is 0 Å². The van der Waals surface area contributed by atoms with Crippen LogP contribution >= 0.6 is 11.3 Å². The van der Waals surface area contributed by atoms with Crippen molar-refractivity contribution in [1.29, 1.82) is 0 Å². The molecule has 1 aliphatic heterocycles. The van der Waals surface area contributed by atoms with Gasteiger partial charge >= 0.3 is 0 Å². The molecule has 2 heterocycles. The lowest BCUT2D eigenvalue weighted by atomic mass is 9.70. The molecule has 3 aliphatic rings. The highest BCUT2D eigenvalue weighted by Crippen LogP contribution is 2.66. The monoisotopic (exact) mass is 769 g/mol. The summed E-state index contributed by atoms with van der Waals surface area (Å²) in [6.07, 6.45) is 2.38. The van der Waals surface area contributed by atoms with Crippen LogP contribution in [0.25, 0.3) is 59.6 Å². The highest BCUT2D eigenvalue weighted by molar-refractivity contribution is 7.22. The van der Waals surface area contributed by atoms with E-state index >= 15 is 0 Å². The minimum absolute atomic E-state index is 0.180. The maximum Gasteiger partial charge on any atom is 0.0740 e. The molecule has 59 heavy (non-hydrogen) atoms. The summed E-state index contributed by atoms with van der Waals surface area (Å²) in [6, 6.07) is 74.0. The van der Waals surface area contributed by atoms with Crippen LogP contribution < -0.4 is 0 Å². The summed E-state index contributed by atoms with van der Waals surface area (Å²) in [6.45, 7) is 2.34. The SMILES string of the molecule is CC1C(c2cccc(-c3ccc4c(c3)C3(c5ccccc5-c5ccccc53)c3c-4sc4ccccc34)c2)=NC(c2ccc(-c3ccccc3)cc2)=CC1c1ccccc1. The fourth-order valence-electron chi connectivity index (χ4n) is 10.4. The zero-order chi connectivity index (χ0) is 39.1. The first-order chi connectivity index (χ1) is 29.2. The van der Waals surface area contributed by atoms with Gasteiger partial charge in [-0.1, -0.05) is 189 Å². The summed E-state index contributed by atoms with van der Waals surface area (Å²) >= 11 is 1.94. The summed E-state index contributed by atoms with van der Waals surface area (Å²) < 4.78 is 1.35. The van der Waals surface area contributed by atoms with E-state index in [0.717, 1.165) is 17.0 Å².